The Morgan fingerprint density at radius 2 is 2.14 bits per heavy atom. The Labute approximate surface area is 121 Å². The smallest absolute Gasteiger partial charge is 0.181 e. The fourth-order valence-corrected chi connectivity index (χ4v) is 1.95. The third kappa shape index (κ3) is 3.17. The highest BCUT2D eigenvalue weighted by Crippen LogP contribution is 2.19. The second kappa shape index (κ2) is 5.62. The van der Waals surface area contributed by atoms with Gasteiger partial charge in [-0.2, -0.15) is 5.10 Å². The Morgan fingerprint density at radius 1 is 1.24 bits per heavy atom. The lowest BCUT2D eigenvalue weighted by atomic mass is 10.2. The second-order valence-electron chi connectivity index (χ2n) is 4.69. The first-order valence-electron chi connectivity index (χ1n) is 6.58. The van der Waals surface area contributed by atoms with Crippen LogP contribution in [0.2, 0.25) is 0 Å². The summed E-state index contributed by atoms with van der Waals surface area (Å²) in [5.41, 5.74) is 2.76. The van der Waals surface area contributed by atoms with E-state index < -0.39 is 0 Å². The molecular weight excluding hydrogens is 266 g/mol. The number of rotatable bonds is 4. The van der Waals surface area contributed by atoms with E-state index in [4.69, 9.17) is 0 Å². The van der Waals surface area contributed by atoms with Crippen LogP contribution in [0.5, 0.6) is 5.75 Å². The Morgan fingerprint density at radius 3 is 2.86 bits per heavy atom. The quantitative estimate of drug-likeness (QED) is 0.684. The van der Waals surface area contributed by atoms with Crippen LogP contribution in [-0.2, 0) is 6.54 Å². The number of hydrogen-bond acceptors (Lipinski definition) is 5. The molecule has 3 N–H and O–H groups in total. The van der Waals surface area contributed by atoms with Crippen molar-refractivity contribution in [1.82, 2.24) is 20.2 Å². The minimum atomic E-state index is 0.167. The van der Waals surface area contributed by atoms with Crippen molar-refractivity contribution < 1.29 is 5.11 Å². The molecule has 0 saturated carbocycles. The number of benzene rings is 1. The molecule has 0 saturated heterocycles. The number of aromatic nitrogens is 4. The van der Waals surface area contributed by atoms with Crippen molar-refractivity contribution in [3.05, 3.63) is 54.1 Å². The van der Waals surface area contributed by atoms with E-state index in [2.05, 4.69) is 25.5 Å². The van der Waals surface area contributed by atoms with E-state index in [0.29, 0.717) is 12.4 Å². The van der Waals surface area contributed by atoms with Crippen molar-refractivity contribution in [2.24, 2.45) is 0 Å². The van der Waals surface area contributed by atoms with Crippen molar-refractivity contribution in [3.8, 4) is 17.1 Å². The molecule has 21 heavy (non-hydrogen) atoms. The lowest BCUT2D eigenvalue weighted by Crippen LogP contribution is -2.01. The first-order chi connectivity index (χ1) is 10.2. The van der Waals surface area contributed by atoms with Gasteiger partial charge in [0.15, 0.2) is 5.82 Å². The average molecular weight is 281 g/mol. The number of aryl methyl sites for hydroxylation is 1. The standard InChI is InChI=1S/C15H15N5O/c1-10-18-15(20-19-10)11-3-2-4-12(7-11)16-8-13-5-6-14(21)9-17-13/h2-7,9,16,21H,8H2,1H3,(H,18,19,20). The van der Waals surface area contributed by atoms with Gasteiger partial charge in [0.05, 0.1) is 18.4 Å². The molecule has 0 aliphatic heterocycles. The SMILES string of the molecule is Cc1nc(-c2cccc(NCc3ccc(O)cn3)c2)n[nH]1. The number of aromatic amines is 1. The van der Waals surface area contributed by atoms with Crippen LogP contribution in [0.1, 0.15) is 11.5 Å². The number of pyridine rings is 1. The number of nitrogens with zero attached hydrogens (tertiary/aromatic N) is 3. The van der Waals surface area contributed by atoms with Gasteiger partial charge in [0, 0.05) is 11.3 Å². The molecule has 1 aromatic carbocycles. The number of H-pyrrole nitrogens is 1. The predicted molar refractivity (Wildman–Crippen MR) is 79.8 cm³/mol. The Bertz CT molecular complexity index is 736. The monoisotopic (exact) mass is 281 g/mol. The summed E-state index contributed by atoms with van der Waals surface area (Å²) in [5.74, 6) is 1.64. The van der Waals surface area contributed by atoms with E-state index in [1.807, 2.05) is 31.2 Å². The summed E-state index contributed by atoms with van der Waals surface area (Å²) in [4.78, 5) is 8.45. The molecule has 106 valence electrons. The van der Waals surface area contributed by atoms with E-state index in [-0.39, 0.29) is 5.75 Å². The summed E-state index contributed by atoms with van der Waals surface area (Å²) >= 11 is 0. The van der Waals surface area contributed by atoms with Crippen LogP contribution in [0.25, 0.3) is 11.4 Å². The molecule has 2 heterocycles. The van der Waals surface area contributed by atoms with Gasteiger partial charge in [0.2, 0.25) is 0 Å². The molecule has 0 unspecified atom stereocenters. The molecule has 6 heteroatoms. The highest BCUT2D eigenvalue weighted by Gasteiger charge is 2.04. The molecule has 0 aliphatic rings. The van der Waals surface area contributed by atoms with E-state index >= 15 is 0 Å². The van der Waals surface area contributed by atoms with Gasteiger partial charge < -0.3 is 10.4 Å². The fourth-order valence-electron chi connectivity index (χ4n) is 1.95. The summed E-state index contributed by atoms with van der Waals surface area (Å²) in [6, 6.07) is 11.3. The van der Waals surface area contributed by atoms with E-state index in [1.54, 1.807) is 12.1 Å². The van der Waals surface area contributed by atoms with Gasteiger partial charge >= 0.3 is 0 Å². The lowest BCUT2D eigenvalue weighted by molar-refractivity contribution is 0.472. The normalized spacial score (nSPS) is 10.5. The van der Waals surface area contributed by atoms with Crippen LogP contribution in [0, 0.1) is 6.92 Å². The maximum atomic E-state index is 9.21. The fraction of sp³-hybridized carbons (Fsp3) is 0.133. The Hall–Kier alpha value is -2.89. The number of aromatic hydroxyl groups is 1. The topological polar surface area (TPSA) is 86.7 Å². The van der Waals surface area contributed by atoms with E-state index in [0.717, 1.165) is 22.8 Å². The lowest BCUT2D eigenvalue weighted by Gasteiger charge is -2.07. The highest BCUT2D eigenvalue weighted by molar-refractivity contribution is 5.62. The molecule has 3 aromatic rings. The van der Waals surface area contributed by atoms with Crippen molar-refractivity contribution in [2.75, 3.05) is 5.32 Å². The van der Waals surface area contributed by atoms with Gasteiger partial charge in [-0.05, 0) is 31.2 Å². The van der Waals surface area contributed by atoms with Crippen molar-refractivity contribution >= 4 is 5.69 Å². The summed E-state index contributed by atoms with van der Waals surface area (Å²) in [6.45, 7) is 2.45. The van der Waals surface area contributed by atoms with Crippen LogP contribution >= 0.6 is 0 Å². The molecule has 0 bridgehead atoms. The van der Waals surface area contributed by atoms with Crippen molar-refractivity contribution in [3.63, 3.8) is 0 Å². The van der Waals surface area contributed by atoms with E-state index in [1.165, 1.54) is 6.20 Å². The van der Waals surface area contributed by atoms with Crippen LogP contribution in [-0.4, -0.2) is 25.3 Å². The summed E-state index contributed by atoms with van der Waals surface area (Å²) in [6.07, 6.45) is 1.43. The van der Waals surface area contributed by atoms with Gasteiger partial charge in [0.25, 0.3) is 0 Å². The zero-order chi connectivity index (χ0) is 14.7. The number of anilines is 1. The summed E-state index contributed by atoms with van der Waals surface area (Å²) < 4.78 is 0. The zero-order valence-corrected chi connectivity index (χ0v) is 11.5. The third-order valence-corrected chi connectivity index (χ3v) is 3.00. The minimum absolute atomic E-state index is 0.167. The van der Waals surface area contributed by atoms with Gasteiger partial charge in [-0.3, -0.25) is 10.1 Å². The molecule has 0 fully saturated rings. The molecule has 0 aliphatic carbocycles. The first kappa shape index (κ1) is 13.1. The summed E-state index contributed by atoms with van der Waals surface area (Å²) in [5, 5.41) is 19.5. The van der Waals surface area contributed by atoms with E-state index in [9.17, 15) is 5.11 Å². The molecule has 0 radical (unpaired) electrons. The Kier molecular flexibility index (Phi) is 3.51. The first-order valence-corrected chi connectivity index (χ1v) is 6.58. The minimum Gasteiger partial charge on any atom is -0.506 e. The largest absolute Gasteiger partial charge is 0.506 e. The average Bonchev–Trinajstić information content (AvgIpc) is 2.94. The van der Waals surface area contributed by atoms with Crippen LogP contribution in [0.3, 0.4) is 0 Å². The van der Waals surface area contributed by atoms with Crippen molar-refractivity contribution in [1.29, 1.82) is 0 Å². The molecule has 0 spiro atoms. The van der Waals surface area contributed by atoms with Crippen LogP contribution < -0.4 is 5.32 Å². The third-order valence-electron chi connectivity index (χ3n) is 3.00. The highest BCUT2D eigenvalue weighted by atomic mass is 16.3. The zero-order valence-electron chi connectivity index (χ0n) is 11.5. The number of nitrogens with one attached hydrogen (secondary N) is 2. The molecular formula is C15H15N5O. The maximum absolute atomic E-state index is 9.21. The molecule has 3 rings (SSSR count). The maximum Gasteiger partial charge on any atom is 0.181 e. The molecule has 0 atom stereocenters. The molecule has 6 nitrogen and oxygen atoms in total. The Balaban J connectivity index is 1.73. The van der Waals surface area contributed by atoms with Gasteiger partial charge in [-0.15, -0.1) is 0 Å². The summed E-state index contributed by atoms with van der Waals surface area (Å²) in [7, 11) is 0. The predicted octanol–water partition coefficient (Wildman–Crippen LogP) is 2.49. The van der Waals surface area contributed by atoms with Gasteiger partial charge in [-0.1, -0.05) is 12.1 Å². The van der Waals surface area contributed by atoms with Crippen LogP contribution in [0.4, 0.5) is 5.69 Å². The van der Waals surface area contributed by atoms with Gasteiger partial charge in [-0.25, -0.2) is 4.98 Å². The van der Waals surface area contributed by atoms with Crippen molar-refractivity contribution in [2.45, 2.75) is 13.5 Å². The van der Waals surface area contributed by atoms with Gasteiger partial charge in [0.1, 0.15) is 11.6 Å². The number of hydrogen-bond donors (Lipinski definition) is 3. The molecule has 2 aromatic heterocycles. The molecule has 0 amide bonds. The second-order valence-corrected chi connectivity index (χ2v) is 4.69. The van der Waals surface area contributed by atoms with Crippen LogP contribution in [0.15, 0.2) is 42.6 Å².